The molecule has 0 radical (unpaired) electrons. The molecule has 2 heterocycles. The molecule has 3 rings (SSSR count). The van der Waals surface area contributed by atoms with Crippen LogP contribution in [0.5, 0.6) is 5.75 Å². The van der Waals surface area contributed by atoms with Crippen molar-refractivity contribution < 1.29 is 4.74 Å². The lowest BCUT2D eigenvalue weighted by atomic mass is 10.1. The van der Waals surface area contributed by atoms with Gasteiger partial charge in [0.25, 0.3) is 0 Å². The Morgan fingerprint density at radius 1 is 1.43 bits per heavy atom. The zero-order chi connectivity index (χ0) is 14.8. The van der Waals surface area contributed by atoms with Crippen LogP contribution in [0.3, 0.4) is 0 Å². The number of nitrogens with two attached hydrogens (primary N) is 1. The number of methoxy groups -OCH3 is 1. The summed E-state index contributed by atoms with van der Waals surface area (Å²) in [6, 6.07) is 8.32. The first kappa shape index (κ1) is 14.5. The first-order valence-electron chi connectivity index (χ1n) is 6.91. The summed E-state index contributed by atoms with van der Waals surface area (Å²) in [6.45, 7) is 3.03. The summed E-state index contributed by atoms with van der Waals surface area (Å²) < 4.78 is 5.31. The van der Waals surface area contributed by atoms with Gasteiger partial charge in [-0.05, 0) is 41.1 Å². The number of ether oxygens (including phenoxy) is 1. The van der Waals surface area contributed by atoms with Crippen molar-refractivity contribution in [2.45, 2.75) is 19.5 Å². The van der Waals surface area contributed by atoms with Crippen LogP contribution >= 0.6 is 23.6 Å². The molecule has 1 aliphatic rings. The zero-order valence-corrected chi connectivity index (χ0v) is 13.6. The summed E-state index contributed by atoms with van der Waals surface area (Å²) in [5.41, 5.74) is 9.29. The number of benzene rings is 1. The van der Waals surface area contributed by atoms with Gasteiger partial charge in [-0.2, -0.15) is 0 Å². The Labute approximate surface area is 134 Å². The summed E-state index contributed by atoms with van der Waals surface area (Å²) >= 11 is 6.97. The van der Waals surface area contributed by atoms with Crippen molar-refractivity contribution in [3.05, 3.63) is 51.2 Å². The summed E-state index contributed by atoms with van der Waals surface area (Å²) in [5.74, 6) is 0.741. The first-order chi connectivity index (χ1) is 10.2. The molecule has 0 aliphatic carbocycles. The summed E-state index contributed by atoms with van der Waals surface area (Å²) in [6.07, 6.45) is 1.14. The Balaban J connectivity index is 1.77. The smallest absolute Gasteiger partial charge is 0.129 e. The maximum Gasteiger partial charge on any atom is 0.129 e. The lowest BCUT2D eigenvalue weighted by molar-refractivity contribution is 0.247. The van der Waals surface area contributed by atoms with Gasteiger partial charge >= 0.3 is 0 Å². The molecule has 0 bridgehead atoms. The fraction of sp³-hybridized carbons (Fsp3) is 0.312. The second kappa shape index (κ2) is 6.13. The van der Waals surface area contributed by atoms with Crippen molar-refractivity contribution in [3.8, 4) is 5.75 Å². The molecule has 3 nitrogen and oxygen atoms in total. The van der Waals surface area contributed by atoms with E-state index in [0.717, 1.165) is 37.4 Å². The van der Waals surface area contributed by atoms with E-state index in [4.69, 9.17) is 22.7 Å². The topological polar surface area (TPSA) is 38.5 Å². The maximum atomic E-state index is 5.78. The second-order valence-corrected chi connectivity index (χ2v) is 6.67. The zero-order valence-electron chi connectivity index (χ0n) is 12.0. The van der Waals surface area contributed by atoms with Crippen LogP contribution in [0.15, 0.2) is 29.6 Å². The quantitative estimate of drug-likeness (QED) is 0.880. The normalized spacial score (nSPS) is 14.7. The van der Waals surface area contributed by atoms with Gasteiger partial charge < -0.3 is 10.5 Å². The van der Waals surface area contributed by atoms with Crippen LogP contribution < -0.4 is 10.5 Å². The van der Waals surface area contributed by atoms with Gasteiger partial charge in [0.15, 0.2) is 0 Å². The Hall–Kier alpha value is -1.43. The van der Waals surface area contributed by atoms with Crippen LogP contribution in [0, 0.1) is 0 Å². The van der Waals surface area contributed by atoms with E-state index < -0.39 is 0 Å². The third-order valence-corrected chi connectivity index (χ3v) is 5.07. The van der Waals surface area contributed by atoms with Gasteiger partial charge in [-0.1, -0.05) is 18.3 Å². The standard InChI is InChI=1S/C16H18N2OS2/c1-19-14-3-2-11(8-13(14)16(17)20)9-18-6-4-15-12(10-18)5-7-21-15/h2-3,5,7-8H,4,6,9-10H2,1H3,(H2,17,20). The molecule has 1 aromatic heterocycles. The number of hydrogen-bond acceptors (Lipinski definition) is 4. The average Bonchev–Trinajstić information content (AvgIpc) is 2.94. The molecule has 21 heavy (non-hydrogen) atoms. The minimum atomic E-state index is 0.382. The van der Waals surface area contributed by atoms with Crippen LogP contribution in [0.4, 0.5) is 0 Å². The molecule has 1 aliphatic heterocycles. The minimum Gasteiger partial charge on any atom is -0.496 e. The van der Waals surface area contributed by atoms with Crippen LogP contribution in [-0.2, 0) is 19.5 Å². The van der Waals surface area contributed by atoms with Gasteiger partial charge in [0, 0.05) is 24.5 Å². The average molecular weight is 318 g/mol. The van der Waals surface area contributed by atoms with Gasteiger partial charge in [-0.25, -0.2) is 0 Å². The lowest BCUT2D eigenvalue weighted by Crippen LogP contribution is -2.29. The predicted octanol–water partition coefficient (Wildman–Crippen LogP) is 2.95. The van der Waals surface area contributed by atoms with Crippen molar-refractivity contribution in [2.75, 3.05) is 13.7 Å². The maximum absolute atomic E-state index is 5.78. The monoisotopic (exact) mass is 318 g/mol. The number of nitrogens with zero attached hydrogens (tertiary/aromatic N) is 1. The molecule has 0 unspecified atom stereocenters. The SMILES string of the molecule is COc1ccc(CN2CCc3sccc3C2)cc1C(N)=S. The van der Waals surface area contributed by atoms with E-state index in [0.29, 0.717) is 4.99 Å². The van der Waals surface area contributed by atoms with Crippen molar-refractivity contribution in [3.63, 3.8) is 0 Å². The van der Waals surface area contributed by atoms with Crippen molar-refractivity contribution in [2.24, 2.45) is 5.73 Å². The molecular weight excluding hydrogens is 300 g/mol. The van der Waals surface area contributed by atoms with Crippen molar-refractivity contribution >= 4 is 28.5 Å². The highest BCUT2D eigenvalue weighted by Crippen LogP contribution is 2.26. The van der Waals surface area contributed by atoms with Gasteiger partial charge in [0.1, 0.15) is 10.7 Å². The molecule has 0 spiro atoms. The highest BCUT2D eigenvalue weighted by Gasteiger charge is 2.17. The third kappa shape index (κ3) is 3.10. The number of thiophene rings is 1. The van der Waals surface area contributed by atoms with Gasteiger partial charge in [0.2, 0.25) is 0 Å². The van der Waals surface area contributed by atoms with E-state index in [2.05, 4.69) is 22.4 Å². The van der Waals surface area contributed by atoms with Crippen LogP contribution in [-0.4, -0.2) is 23.5 Å². The molecule has 5 heteroatoms. The van der Waals surface area contributed by atoms with Crippen molar-refractivity contribution in [1.29, 1.82) is 0 Å². The van der Waals surface area contributed by atoms with E-state index in [1.165, 1.54) is 16.0 Å². The molecule has 2 N–H and O–H groups in total. The number of rotatable bonds is 4. The van der Waals surface area contributed by atoms with Gasteiger partial charge in [-0.15, -0.1) is 11.3 Å². The largest absolute Gasteiger partial charge is 0.496 e. The Bertz CT molecular complexity index is 666. The fourth-order valence-electron chi connectivity index (χ4n) is 2.75. The molecular formula is C16H18N2OS2. The molecule has 110 valence electrons. The molecule has 0 atom stereocenters. The molecule has 0 saturated heterocycles. The minimum absolute atomic E-state index is 0.382. The van der Waals surface area contributed by atoms with E-state index in [1.807, 2.05) is 23.5 Å². The number of thiocarbonyl (C=S) groups is 1. The van der Waals surface area contributed by atoms with E-state index in [1.54, 1.807) is 7.11 Å². The lowest BCUT2D eigenvalue weighted by Gasteiger charge is -2.27. The predicted molar refractivity (Wildman–Crippen MR) is 91.0 cm³/mol. The van der Waals surface area contributed by atoms with E-state index >= 15 is 0 Å². The van der Waals surface area contributed by atoms with Crippen LogP contribution in [0.2, 0.25) is 0 Å². The molecule has 0 saturated carbocycles. The molecule has 2 aromatic rings. The van der Waals surface area contributed by atoms with Crippen molar-refractivity contribution in [1.82, 2.24) is 4.90 Å². The molecule has 0 fully saturated rings. The van der Waals surface area contributed by atoms with Gasteiger partial charge in [0.05, 0.1) is 12.7 Å². The summed E-state index contributed by atoms with van der Waals surface area (Å²) in [5, 5.41) is 2.19. The summed E-state index contributed by atoms with van der Waals surface area (Å²) in [4.78, 5) is 4.37. The highest BCUT2D eigenvalue weighted by molar-refractivity contribution is 7.80. The van der Waals surface area contributed by atoms with Crippen LogP contribution in [0.25, 0.3) is 0 Å². The van der Waals surface area contributed by atoms with Crippen LogP contribution in [0.1, 0.15) is 21.6 Å². The fourth-order valence-corrected chi connectivity index (χ4v) is 3.80. The summed E-state index contributed by atoms with van der Waals surface area (Å²) in [7, 11) is 1.64. The Morgan fingerprint density at radius 3 is 3.05 bits per heavy atom. The molecule has 1 aromatic carbocycles. The van der Waals surface area contributed by atoms with E-state index in [9.17, 15) is 0 Å². The number of fused-ring (bicyclic) bond motifs is 1. The Kier molecular flexibility index (Phi) is 4.24. The first-order valence-corrected chi connectivity index (χ1v) is 8.20. The Morgan fingerprint density at radius 2 is 2.29 bits per heavy atom. The van der Waals surface area contributed by atoms with Gasteiger partial charge in [-0.3, -0.25) is 4.90 Å². The highest BCUT2D eigenvalue weighted by atomic mass is 32.1. The third-order valence-electron chi connectivity index (χ3n) is 3.82. The second-order valence-electron chi connectivity index (χ2n) is 5.23. The number of hydrogen-bond donors (Lipinski definition) is 1. The van der Waals surface area contributed by atoms with E-state index in [-0.39, 0.29) is 0 Å². The molecule has 0 amide bonds.